The van der Waals surface area contributed by atoms with Crippen molar-refractivity contribution >= 4 is 33.6 Å². The molecule has 0 spiro atoms. The van der Waals surface area contributed by atoms with Crippen molar-refractivity contribution in [1.29, 1.82) is 0 Å². The molecule has 0 unspecified atom stereocenters. The van der Waals surface area contributed by atoms with Gasteiger partial charge in [0.15, 0.2) is 11.5 Å². The Balaban J connectivity index is 1.55. The molecule has 8 heteroatoms. The molecule has 0 atom stereocenters. The van der Waals surface area contributed by atoms with Crippen molar-refractivity contribution in [2.75, 3.05) is 36.4 Å². The van der Waals surface area contributed by atoms with Gasteiger partial charge in [0.05, 0.1) is 16.8 Å². The van der Waals surface area contributed by atoms with E-state index in [-0.39, 0.29) is 11.5 Å². The monoisotopic (exact) mass is 394 g/mol. The van der Waals surface area contributed by atoms with Crippen molar-refractivity contribution in [3.8, 4) is 0 Å². The summed E-state index contributed by atoms with van der Waals surface area (Å²) in [5.74, 6) is -0.459. The van der Waals surface area contributed by atoms with Gasteiger partial charge in [-0.1, -0.05) is 0 Å². The predicted molar refractivity (Wildman–Crippen MR) is 110 cm³/mol. The van der Waals surface area contributed by atoms with Gasteiger partial charge in [-0.25, -0.2) is 18.7 Å². The second-order valence-corrected chi connectivity index (χ2v) is 7.24. The zero-order chi connectivity index (χ0) is 20.0. The number of aromatic nitrogens is 3. The van der Waals surface area contributed by atoms with Crippen molar-refractivity contribution in [3.63, 3.8) is 0 Å². The zero-order valence-electron chi connectivity index (χ0n) is 15.9. The first-order chi connectivity index (χ1) is 14.1. The van der Waals surface area contributed by atoms with Crippen molar-refractivity contribution in [1.82, 2.24) is 19.7 Å². The van der Waals surface area contributed by atoms with Gasteiger partial charge in [-0.15, -0.1) is 0 Å². The number of aryl methyl sites for hydroxylation is 1. The maximum atomic E-state index is 15.1. The molecule has 3 aromatic heterocycles. The summed E-state index contributed by atoms with van der Waals surface area (Å²) in [5.41, 5.74) is 2.30. The van der Waals surface area contributed by atoms with Crippen LogP contribution in [-0.4, -0.2) is 40.5 Å². The summed E-state index contributed by atoms with van der Waals surface area (Å²) in [6, 6.07) is 6.65. The fourth-order valence-electron chi connectivity index (χ4n) is 3.84. The third-order valence-corrected chi connectivity index (χ3v) is 5.17. The van der Waals surface area contributed by atoms with Gasteiger partial charge in [-0.2, -0.15) is 0 Å². The number of halogens is 2. The van der Waals surface area contributed by atoms with Crippen LogP contribution in [0.5, 0.6) is 0 Å². The molecular weight excluding hydrogens is 374 g/mol. The Kier molecular flexibility index (Phi) is 4.28. The van der Waals surface area contributed by atoms with Crippen LogP contribution < -0.4 is 15.5 Å². The molecule has 2 N–H and O–H groups in total. The van der Waals surface area contributed by atoms with Gasteiger partial charge in [0.1, 0.15) is 11.6 Å². The summed E-state index contributed by atoms with van der Waals surface area (Å²) in [6.45, 7) is 5.24. The van der Waals surface area contributed by atoms with E-state index in [2.05, 4.69) is 25.5 Å². The number of rotatable bonds is 3. The molecule has 1 saturated heterocycles. The number of anilines is 3. The standard InChI is InChI=1S/C21H20F2N6/c1-13-11-29-12-15(9-18(23)21(29)26-13)27-20-19-14(2-3-25-20)8-16(10-17(19)22)28-6-4-24-5-7-28/h2-3,8-12,24H,4-7H2,1H3,(H,25,27). The predicted octanol–water partition coefficient (Wildman–Crippen LogP) is 3.62. The third kappa shape index (κ3) is 3.25. The van der Waals surface area contributed by atoms with Crippen molar-refractivity contribution in [2.24, 2.45) is 0 Å². The highest BCUT2D eigenvalue weighted by Crippen LogP contribution is 2.31. The average molecular weight is 394 g/mol. The van der Waals surface area contributed by atoms with Crippen molar-refractivity contribution in [2.45, 2.75) is 6.92 Å². The Morgan fingerprint density at radius 3 is 2.72 bits per heavy atom. The van der Waals surface area contributed by atoms with Gasteiger partial charge in [-0.05, 0) is 30.5 Å². The van der Waals surface area contributed by atoms with Crippen LogP contribution in [0.4, 0.5) is 26.0 Å². The maximum absolute atomic E-state index is 15.1. The molecule has 29 heavy (non-hydrogen) atoms. The SMILES string of the molecule is Cc1cn2cc(Nc3nccc4cc(N5CCNCC5)cc(F)c34)cc(F)c2n1. The smallest absolute Gasteiger partial charge is 0.173 e. The summed E-state index contributed by atoms with van der Waals surface area (Å²) in [5, 5.41) is 7.49. The molecule has 4 heterocycles. The Labute approximate surface area is 166 Å². The number of hydrogen-bond donors (Lipinski definition) is 2. The number of nitrogens with one attached hydrogen (secondary N) is 2. The third-order valence-electron chi connectivity index (χ3n) is 5.17. The molecule has 6 nitrogen and oxygen atoms in total. The molecule has 1 fully saturated rings. The number of pyridine rings is 2. The highest BCUT2D eigenvalue weighted by Gasteiger charge is 2.16. The molecule has 0 radical (unpaired) electrons. The molecule has 0 aliphatic carbocycles. The van der Waals surface area contributed by atoms with Crippen LogP contribution in [-0.2, 0) is 0 Å². The van der Waals surface area contributed by atoms with Gasteiger partial charge in [0, 0.05) is 56.5 Å². The average Bonchev–Trinajstić information content (AvgIpc) is 3.09. The van der Waals surface area contributed by atoms with Crippen LogP contribution in [0.2, 0.25) is 0 Å². The van der Waals surface area contributed by atoms with E-state index in [0.29, 0.717) is 16.9 Å². The lowest BCUT2D eigenvalue weighted by Gasteiger charge is -2.29. The lowest BCUT2D eigenvalue weighted by Crippen LogP contribution is -2.43. The first-order valence-electron chi connectivity index (χ1n) is 9.54. The lowest BCUT2D eigenvalue weighted by atomic mass is 10.1. The molecule has 4 aromatic rings. The van der Waals surface area contributed by atoms with Crippen LogP contribution >= 0.6 is 0 Å². The summed E-state index contributed by atoms with van der Waals surface area (Å²) in [7, 11) is 0. The van der Waals surface area contributed by atoms with Crippen molar-refractivity contribution < 1.29 is 8.78 Å². The van der Waals surface area contributed by atoms with Crippen LogP contribution in [0, 0.1) is 18.6 Å². The van der Waals surface area contributed by atoms with Crippen LogP contribution in [0.15, 0.2) is 42.9 Å². The zero-order valence-corrected chi connectivity index (χ0v) is 15.9. The Morgan fingerprint density at radius 1 is 1.07 bits per heavy atom. The highest BCUT2D eigenvalue weighted by atomic mass is 19.1. The van der Waals surface area contributed by atoms with E-state index in [4.69, 9.17) is 0 Å². The highest BCUT2D eigenvalue weighted by molar-refractivity contribution is 5.95. The fourth-order valence-corrected chi connectivity index (χ4v) is 3.84. The number of piperazine rings is 1. The topological polar surface area (TPSA) is 57.5 Å². The minimum atomic E-state index is -0.454. The Bertz CT molecular complexity index is 1210. The van der Waals surface area contributed by atoms with Crippen LogP contribution in [0.1, 0.15) is 5.69 Å². The Hall–Kier alpha value is -3.26. The normalized spacial score (nSPS) is 14.7. The minimum Gasteiger partial charge on any atom is -0.369 e. The maximum Gasteiger partial charge on any atom is 0.173 e. The largest absolute Gasteiger partial charge is 0.369 e. The summed E-state index contributed by atoms with van der Waals surface area (Å²) < 4.78 is 31.1. The van der Waals surface area contributed by atoms with E-state index in [1.165, 1.54) is 6.07 Å². The number of benzene rings is 1. The lowest BCUT2D eigenvalue weighted by molar-refractivity contribution is 0.586. The molecule has 1 aliphatic heterocycles. The molecule has 0 saturated carbocycles. The molecule has 0 amide bonds. The summed E-state index contributed by atoms with van der Waals surface area (Å²) in [6.07, 6.45) is 5.08. The van der Waals surface area contributed by atoms with Gasteiger partial charge >= 0.3 is 0 Å². The minimum absolute atomic E-state index is 0.255. The van der Waals surface area contributed by atoms with E-state index < -0.39 is 5.82 Å². The second-order valence-electron chi connectivity index (χ2n) is 7.24. The van der Waals surface area contributed by atoms with Crippen molar-refractivity contribution in [3.05, 3.63) is 60.2 Å². The number of nitrogens with zero attached hydrogens (tertiary/aromatic N) is 4. The fraction of sp³-hybridized carbons (Fsp3) is 0.238. The van der Waals surface area contributed by atoms with Crippen LogP contribution in [0.25, 0.3) is 16.4 Å². The molecule has 148 valence electrons. The number of fused-ring (bicyclic) bond motifs is 2. The van der Waals surface area contributed by atoms with E-state index in [1.54, 1.807) is 42.0 Å². The van der Waals surface area contributed by atoms with Crippen LogP contribution in [0.3, 0.4) is 0 Å². The quantitative estimate of drug-likeness (QED) is 0.556. The van der Waals surface area contributed by atoms with Gasteiger partial charge in [0.2, 0.25) is 0 Å². The van der Waals surface area contributed by atoms with E-state index >= 15 is 4.39 Å². The molecule has 1 aromatic carbocycles. The van der Waals surface area contributed by atoms with E-state index in [9.17, 15) is 4.39 Å². The molecular formula is C21H20F2N6. The summed E-state index contributed by atoms with van der Waals surface area (Å²) in [4.78, 5) is 10.6. The Morgan fingerprint density at radius 2 is 1.90 bits per heavy atom. The molecule has 0 bridgehead atoms. The first kappa shape index (κ1) is 17.8. The van der Waals surface area contributed by atoms with E-state index in [1.807, 2.05) is 6.07 Å². The van der Waals surface area contributed by atoms with Gasteiger partial charge in [0.25, 0.3) is 0 Å². The number of imidazole rings is 1. The molecule has 5 rings (SSSR count). The molecule has 1 aliphatic rings. The first-order valence-corrected chi connectivity index (χ1v) is 9.54. The van der Waals surface area contributed by atoms with Gasteiger partial charge < -0.3 is 19.9 Å². The number of hydrogen-bond acceptors (Lipinski definition) is 5. The van der Waals surface area contributed by atoms with E-state index in [0.717, 1.165) is 42.9 Å². The second kappa shape index (κ2) is 6.97. The van der Waals surface area contributed by atoms with Gasteiger partial charge in [-0.3, -0.25) is 0 Å². The summed E-state index contributed by atoms with van der Waals surface area (Å²) >= 11 is 0.